The van der Waals surface area contributed by atoms with Gasteiger partial charge in [-0.15, -0.1) is 0 Å². The van der Waals surface area contributed by atoms with Gasteiger partial charge in [0.2, 0.25) is 0 Å². The zero-order valence-electron chi connectivity index (χ0n) is 9.66. The molecule has 1 nitrogen and oxygen atoms in total. The second kappa shape index (κ2) is 2.67. The van der Waals surface area contributed by atoms with E-state index in [-0.39, 0.29) is 6.10 Å². The Balaban J connectivity index is 1.71. The fourth-order valence-electron chi connectivity index (χ4n) is 5.48. The fourth-order valence-corrected chi connectivity index (χ4v) is 5.48. The molecule has 2 fully saturated rings. The molecule has 6 atom stereocenters. The van der Waals surface area contributed by atoms with E-state index in [9.17, 15) is 5.11 Å². The Morgan fingerprint density at radius 3 is 1.94 bits per heavy atom. The van der Waals surface area contributed by atoms with Gasteiger partial charge in [-0.1, -0.05) is 36.4 Å². The van der Waals surface area contributed by atoms with Gasteiger partial charge in [-0.2, -0.15) is 0 Å². The number of hydrogen-bond acceptors (Lipinski definition) is 1. The standard InChI is InChI=1S/C16H16O/c17-16-10-5-6-11(16)15-13-7-12(14(10)15)8-3-1-2-4-9(8)13/h1-6,10-17H,7H2/t10-,11-,12-,13-,14+,15+/m0/s1. The summed E-state index contributed by atoms with van der Waals surface area (Å²) < 4.78 is 0. The van der Waals surface area contributed by atoms with Gasteiger partial charge in [0.15, 0.2) is 0 Å². The van der Waals surface area contributed by atoms with Crippen molar-refractivity contribution in [1.29, 1.82) is 0 Å². The highest BCUT2D eigenvalue weighted by Crippen LogP contribution is 2.69. The highest BCUT2D eigenvalue weighted by atomic mass is 16.3. The molecular weight excluding hydrogens is 208 g/mol. The van der Waals surface area contributed by atoms with Crippen molar-refractivity contribution in [3.8, 4) is 0 Å². The monoisotopic (exact) mass is 224 g/mol. The predicted octanol–water partition coefficient (Wildman–Crippen LogP) is 2.68. The number of aliphatic hydroxyl groups is 1. The first-order valence-electron chi connectivity index (χ1n) is 6.81. The molecule has 4 bridgehead atoms. The van der Waals surface area contributed by atoms with E-state index < -0.39 is 0 Å². The van der Waals surface area contributed by atoms with Crippen LogP contribution in [-0.2, 0) is 0 Å². The van der Waals surface area contributed by atoms with Crippen LogP contribution in [0.2, 0.25) is 0 Å². The van der Waals surface area contributed by atoms with Crippen molar-refractivity contribution in [2.45, 2.75) is 24.4 Å². The quantitative estimate of drug-likeness (QED) is 0.530. The van der Waals surface area contributed by atoms with Gasteiger partial charge >= 0.3 is 0 Å². The van der Waals surface area contributed by atoms with E-state index in [1.165, 1.54) is 6.42 Å². The summed E-state index contributed by atoms with van der Waals surface area (Å²) in [6.07, 6.45) is 5.85. The van der Waals surface area contributed by atoms with Crippen molar-refractivity contribution in [3.63, 3.8) is 0 Å². The van der Waals surface area contributed by atoms with E-state index in [0.29, 0.717) is 11.8 Å². The molecule has 1 heteroatoms. The molecule has 1 N–H and O–H groups in total. The summed E-state index contributed by atoms with van der Waals surface area (Å²) in [6, 6.07) is 8.98. The van der Waals surface area contributed by atoms with Crippen molar-refractivity contribution in [1.82, 2.24) is 0 Å². The Labute approximate surface area is 101 Å². The van der Waals surface area contributed by atoms with Crippen LogP contribution in [0.5, 0.6) is 0 Å². The molecule has 0 saturated heterocycles. The minimum absolute atomic E-state index is 0.0791. The molecule has 0 aromatic heterocycles. The highest BCUT2D eigenvalue weighted by molar-refractivity contribution is 5.46. The van der Waals surface area contributed by atoms with Crippen molar-refractivity contribution in [2.75, 3.05) is 0 Å². The molecule has 0 heterocycles. The smallest absolute Gasteiger partial charge is 0.0671 e. The summed E-state index contributed by atoms with van der Waals surface area (Å²) in [4.78, 5) is 0. The second-order valence-electron chi connectivity index (χ2n) is 6.26. The van der Waals surface area contributed by atoms with Crippen LogP contribution >= 0.6 is 0 Å². The van der Waals surface area contributed by atoms with Gasteiger partial charge in [0.1, 0.15) is 0 Å². The maximum absolute atomic E-state index is 10.3. The number of fused-ring (bicyclic) bond motifs is 12. The summed E-state index contributed by atoms with van der Waals surface area (Å²) in [5.41, 5.74) is 3.18. The molecule has 86 valence electrons. The zero-order chi connectivity index (χ0) is 11.1. The summed E-state index contributed by atoms with van der Waals surface area (Å²) in [5, 5.41) is 10.3. The third-order valence-corrected chi connectivity index (χ3v) is 5.91. The third kappa shape index (κ3) is 0.826. The lowest BCUT2D eigenvalue weighted by molar-refractivity contribution is 0.121. The van der Waals surface area contributed by atoms with Crippen LogP contribution in [0.15, 0.2) is 36.4 Å². The average molecular weight is 224 g/mol. The minimum Gasteiger partial charge on any atom is -0.392 e. The molecular formula is C16H16O. The lowest BCUT2D eigenvalue weighted by atomic mass is 9.71. The Morgan fingerprint density at radius 2 is 1.41 bits per heavy atom. The molecule has 17 heavy (non-hydrogen) atoms. The molecule has 0 unspecified atom stereocenters. The Bertz CT molecular complexity index is 487. The van der Waals surface area contributed by atoms with Crippen LogP contribution in [0.4, 0.5) is 0 Å². The second-order valence-corrected chi connectivity index (χ2v) is 6.26. The van der Waals surface area contributed by atoms with Gasteiger partial charge in [-0.3, -0.25) is 0 Å². The minimum atomic E-state index is -0.0791. The zero-order valence-corrected chi connectivity index (χ0v) is 9.66. The van der Waals surface area contributed by atoms with Crippen LogP contribution in [-0.4, -0.2) is 11.2 Å². The first-order chi connectivity index (χ1) is 8.36. The van der Waals surface area contributed by atoms with Gasteiger partial charge in [0, 0.05) is 11.8 Å². The predicted molar refractivity (Wildman–Crippen MR) is 65.6 cm³/mol. The highest BCUT2D eigenvalue weighted by Gasteiger charge is 2.63. The number of benzene rings is 1. The van der Waals surface area contributed by atoms with Crippen LogP contribution in [0.25, 0.3) is 0 Å². The van der Waals surface area contributed by atoms with Gasteiger partial charge < -0.3 is 5.11 Å². The van der Waals surface area contributed by atoms with Crippen LogP contribution in [0.1, 0.15) is 29.4 Å². The lowest BCUT2D eigenvalue weighted by Gasteiger charge is -2.33. The summed E-state index contributed by atoms with van der Waals surface area (Å²) in [6.45, 7) is 0. The van der Waals surface area contributed by atoms with Crippen molar-refractivity contribution in [3.05, 3.63) is 47.5 Å². The van der Waals surface area contributed by atoms with E-state index in [1.807, 2.05) is 0 Å². The van der Waals surface area contributed by atoms with Gasteiger partial charge in [-0.05, 0) is 41.2 Å². The van der Waals surface area contributed by atoms with Crippen LogP contribution < -0.4 is 0 Å². The third-order valence-electron chi connectivity index (χ3n) is 5.91. The van der Waals surface area contributed by atoms with Crippen LogP contribution in [0.3, 0.4) is 0 Å². The lowest BCUT2D eigenvalue weighted by Crippen LogP contribution is -2.25. The molecule has 0 radical (unpaired) electrons. The van der Waals surface area contributed by atoms with E-state index in [0.717, 1.165) is 23.7 Å². The molecule has 4 aliphatic carbocycles. The van der Waals surface area contributed by atoms with E-state index >= 15 is 0 Å². The fraction of sp³-hybridized carbons (Fsp3) is 0.500. The van der Waals surface area contributed by atoms with Gasteiger partial charge in [-0.25, -0.2) is 0 Å². The van der Waals surface area contributed by atoms with E-state index in [1.54, 1.807) is 11.1 Å². The average Bonchev–Trinajstić information content (AvgIpc) is 3.07. The van der Waals surface area contributed by atoms with Crippen molar-refractivity contribution < 1.29 is 5.11 Å². The molecule has 0 aliphatic heterocycles. The Morgan fingerprint density at radius 1 is 0.882 bits per heavy atom. The SMILES string of the molecule is OC1[C@H]2C=C[C@H]1[C@H]1[C@H]2[C@H]2C[C@H]1c1ccccc12. The molecule has 2 saturated carbocycles. The molecule has 4 aliphatic rings. The summed E-state index contributed by atoms with van der Waals surface area (Å²) >= 11 is 0. The molecule has 1 aromatic rings. The number of rotatable bonds is 0. The Kier molecular flexibility index (Phi) is 1.40. The molecule has 1 aromatic carbocycles. The summed E-state index contributed by atoms with van der Waals surface area (Å²) in [5.74, 6) is 3.84. The van der Waals surface area contributed by atoms with Crippen molar-refractivity contribution >= 4 is 0 Å². The van der Waals surface area contributed by atoms with E-state index in [4.69, 9.17) is 0 Å². The topological polar surface area (TPSA) is 20.2 Å². The first kappa shape index (κ1) is 8.93. The Hall–Kier alpha value is -1.08. The maximum Gasteiger partial charge on any atom is 0.0671 e. The van der Waals surface area contributed by atoms with Gasteiger partial charge in [0.05, 0.1) is 6.10 Å². The van der Waals surface area contributed by atoms with Gasteiger partial charge in [0.25, 0.3) is 0 Å². The first-order valence-corrected chi connectivity index (χ1v) is 6.81. The largest absolute Gasteiger partial charge is 0.392 e. The van der Waals surface area contributed by atoms with E-state index in [2.05, 4.69) is 36.4 Å². The number of aliphatic hydroxyl groups excluding tert-OH is 1. The number of hydrogen-bond donors (Lipinski definition) is 1. The summed E-state index contributed by atoms with van der Waals surface area (Å²) in [7, 11) is 0. The normalized spacial score (nSPS) is 51.9. The molecule has 5 rings (SSSR count). The molecule has 0 amide bonds. The van der Waals surface area contributed by atoms with Crippen LogP contribution in [0, 0.1) is 23.7 Å². The molecule has 0 spiro atoms. The van der Waals surface area contributed by atoms with Crippen molar-refractivity contribution in [2.24, 2.45) is 23.7 Å². The maximum atomic E-state index is 10.3.